The maximum atomic E-state index is 12.3. The van der Waals surface area contributed by atoms with Crippen molar-refractivity contribution >= 4 is 28.5 Å². The Hall–Kier alpha value is -0.620. The number of morpholine rings is 1. The summed E-state index contributed by atoms with van der Waals surface area (Å²) in [7, 11) is 0. The molecular weight excluding hydrogens is 329 g/mol. The highest BCUT2D eigenvalue weighted by molar-refractivity contribution is 14.1. The van der Waals surface area contributed by atoms with Crippen molar-refractivity contribution in [3.05, 3.63) is 33.4 Å². The maximum Gasteiger partial charge on any atom is 0.254 e. The standard InChI is InChI=1S/C13H16INO2/c1-9-7-15(8-10(2)17-9)13(16)11-3-5-12(14)6-4-11/h3-6,9-10H,7-8H2,1-2H3/t9-,10-/m1/s1. The van der Waals surface area contributed by atoms with E-state index in [2.05, 4.69) is 22.6 Å². The SMILES string of the molecule is C[C@@H]1CN(C(=O)c2ccc(I)cc2)C[C@@H](C)O1. The van der Waals surface area contributed by atoms with Gasteiger partial charge in [0.25, 0.3) is 5.91 Å². The number of halogens is 1. The smallest absolute Gasteiger partial charge is 0.254 e. The molecule has 1 saturated heterocycles. The van der Waals surface area contributed by atoms with Crippen molar-refractivity contribution in [1.82, 2.24) is 4.90 Å². The van der Waals surface area contributed by atoms with E-state index in [-0.39, 0.29) is 18.1 Å². The van der Waals surface area contributed by atoms with Gasteiger partial charge < -0.3 is 9.64 Å². The van der Waals surface area contributed by atoms with Crippen LogP contribution in [-0.2, 0) is 4.74 Å². The van der Waals surface area contributed by atoms with Gasteiger partial charge >= 0.3 is 0 Å². The number of carbonyl (C=O) groups excluding carboxylic acids is 1. The van der Waals surface area contributed by atoms with Crippen molar-refractivity contribution < 1.29 is 9.53 Å². The van der Waals surface area contributed by atoms with Crippen LogP contribution in [0.2, 0.25) is 0 Å². The maximum absolute atomic E-state index is 12.3. The van der Waals surface area contributed by atoms with Gasteiger partial charge in [0.05, 0.1) is 12.2 Å². The normalized spacial score (nSPS) is 24.8. The highest BCUT2D eigenvalue weighted by Crippen LogP contribution is 2.15. The Morgan fingerprint density at radius 3 is 2.29 bits per heavy atom. The molecule has 1 heterocycles. The average molecular weight is 345 g/mol. The summed E-state index contributed by atoms with van der Waals surface area (Å²) in [6.45, 7) is 5.36. The molecule has 1 aliphatic heterocycles. The number of amides is 1. The van der Waals surface area contributed by atoms with Crippen molar-refractivity contribution in [3.8, 4) is 0 Å². The molecule has 1 aromatic carbocycles. The van der Waals surface area contributed by atoms with Crippen molar-refractivity contribution in [3.63, 3.8) is 0 Å². The second kappa shape index (κ2) is 5.35. The van der Waals surface area contributed by atoms with E-state index in [1.807, 2.05) is 43.0 Å². The molecule has 1 aliphatic rings. The second-order valence-electron chi connectivity index (χ2n) is 4.47. The number of rotatable bonds is 1. The minimum absolute atomic E-state index is 0.100. The molecule has 0 spiro atoms. The molecule has 0 unspecified atom stereocenters. The molecule has 2 rings (SSSR count). The van der Waals surface area contributed by atoms with E-state index >= 15 is 0 Å². The van der Waals surface area contributed by atoms with Crippen LogP contribution in [0.25, 0.3) is 0 Å². The van der Waals surface area contributed by atoms with Crippen LogP contribution in [0, 0.1) is 3.57 Å². The molecule has 2 atom stereocenters. The summed E-state index contributed by atoms with van der Waals surface area (Å²) in [4.78, 5) is 14.1. The molecule has 0 radical (unpaired) electrons. The van der Waals surface area contributed by atoms with Gasteiger partial charge in [0.15, 0.2) is 0 Å². The van der Waals surface area contributed by atoms with Crippen LogP contribution in [0.3, 0.4) is 0 Å². The van der Waals surface area contributed by atoms with Crippen LogP contribution >= 0.6 is 22.6 Å². The zero-order valence-corrected chi connectivity index (χ0v) is 12.2. The van der Waals surface area contributed by atoms with Crippen molar-refractivity contribution in [1.29, 1.82) is 0 Å². The van der Waals surface area contributed by atoms with Crippen LogP contribution in [0.15, 0.2) is 24.3 Å². The van der Waals surface area contributed by atoms with Crippen molar-refractivity contribution in [2.24, 2.45) is 0 Å². The Kier molecular flexibility index (Phi) is 4.04. The average Bonchev–Trinajstić information content (AvgIpc) is 2.28. The minimum Gasteiger partial charge on any atom is -0.372 e. The monoisotopic (exact) mass is 345 g/mol. The highest BCUT2D eigenvalue weighted by Gasteiger charge is 2.26. The molecule has 0 aliphatic carbocycles. The molecule has 17 heavy (non-hydrogen) atoms. The molecule has 3 nitrogen and oxygen atoms in total. The zero-order valence-electron chi connectivity index (χ0n) is 10.0. The van der Waals surface area contributed by atoms with E-state index in [4.69, 9.17) is 4.74 Å². The van der Waals surface area contributed by atoms with Crippen LogP contribution in [-0.4, -0.2) is 36.1 Å². The Bertz CT molecular complexity index is 394. The van der Waals surface area contributed by atoms with Gasteiger partial charge in [-0.3, -0.25) is 4.79 Å². The molecule has 4 heteroatoms. The lowest BCUT2D eigenvalue weighted by Crippen LogP contribution is -2.48. The Morgan fingerprint density at radius 2 is 1.76 bits per heavy atom. The predicted octanol–water partition coefficient (Wildman–Crippen LogP) is 2.54. The van der Waals surface area contributed by atoms with Crippen LogP contribution in [0.1, 0.15) is 24.2 Å². The van der Waals surface area contributed by atoms with Gasteiger partial charge in [-0.2, -0.15) is 0 Å². The molecule has 0 bridgehead atoms. The van der Waals surface area contributed by atoms with Gasteiger partial charge in [0.1, 0.15) is 0 Å². The van der Waals surface area contributed by atoms with Gasteiger partial charge in [-0.25, -0.2) is 0 Å². The fourth-order valence-corrected chi connectivity index (χ4v) is 2.48. The van der Waals surface area contributed by atoms with E-state index in [0.717, 1.165) is 9.13 Å². The Morgan fingerprint density at radius 1 is 1.24 bits per heavy atom. The number of benzene rings is 1. The number of hydrogen-bond donors (Lipinski definition) is 0. The summed E-state index contributed by atoms with van der Waals surface area (Å²) in [5, 5.41) is 0. The molecular formula is C13H16INO2. The Balaban J connectivity index is 2.11. The van der Waals surface area contributed by atoms with E-state index in [1.54, 1.807) is 0 Å². The van der Waals surface area contributed by atoms with Crippen LogP contribution in [0.5, 0.6) is 0 Å². The summed E-state index contributed by atoms with van der Waals surface area (Å²) in [5.41, 5.74) is 0.756. The number of carbonyl (C=O) groups is 1. The minimum atomic E-state index is 0.100. The quantitative estimate of drug-likeness (QED) is 0.732. The molecule has 1 fully saturated rings. The second-order valence-corrected chi connectivity index (χ2v) is 5.72. The topological polar surface area (TPSA) is 29.5 Å². The molecule has 1 aromatic rings. The summed E-state index contributed by atoms with van der Waals surface area (Å²) in [6.07, 6.45) is 0.234. The highest BCUT2D eigenvalue weighted by atomic mass is 127. The third kappa shape index (κ3) is 3.19. The van der Waals surface area contributed by atoms with Crippen molar-refractivity contribution in [2.75, 3.05) is 13.1 Å². The van der Waals surface area contributed by atoms with Gasteiger partial charge in [-0.15, -0.1) is 0 Å². The van der Waals surface area contributed by atoms with E-state index < -0.39 is 0 Å². The number of hydrogen-bond acceptors (Lipinski definition) is 2. The van der Waals surface area contributed by atoms with E-state index in [0.29, 0.717) is 13.1 Å². The molecule has 92 valence electrons. The Labute approximate surface area is 115 Å². The lowest BCUT2D eigenvalue weighted by atomic mass is 10.1. The summed E-state index contributed by atoms with van der Waals surface area (Å²) >= 11 is 2.24. The number of ether oxygens (including phenoxy) is 1. The molecule has 0 saturated carbocycles. The lowest BCUT2D eigenvalue weighted by molar-refractivity contribution is -0.0586. The third-order valence-electron chi connectivity index (χ3n) is 2.80. The first kappa shape index (κ1) is 12.8. The van der Waals surface area contributed by atoms with Crippen LogP contribution < -0.4 is 0 Å². The summed E-state index contributed by atoms with van der Waals surface area (Å²) in [5.74, 6) is 0.100. The zero-order chi connectivity index (χ0) is 12.4. The molecule has 1 amide bonds. The molecule has 0 N–H and O–H groups in total. The number of nitrogens with zero attached hydrogens (tertiary/aromatic N) is 1. The summed E-state index contributed by atoms with van der Waals surface area (Å²) in [6, 6.07) is 7.69. The van der Waals surface area contributed by atoms with Crippen LogP contribution in [0.4, 0.5) is 0 Å². The van der Waals surface area contributed by atoms with Crippen molar-refractivity contribution in [2.45, 2.75) is 26.1 Å². The first-order valence-electron chi connectivity index (χ1n) is 5.76. The van der Waals surface area contributed by atoms with Gasteiger partial charge in [0.2, 0.25) is 0 Å². The van der Waals surface area contributed by atoms with Gasteiger partial charge in [-0.1, -0.05) is 0 Å². The molecule has 0 aromatic heterocycles. The first-order chi connectivity index (χ1) is 8.06. The van der Waals surface area contributed by atoms with E-state index in [1.165, 1.54) is 0 Å². The van der Waals surface area contributed by atoms with Gasteiger partial charge in [0, 0.05) is 22.2 Å². The fourth-order valence-electron chi connectivity index (χ4n) is 2.12. The first-order valence-corrected chi connectivity index (χ1v) is 6.84. The third-order valence-corrected chi connectivity index (χ3v) is 3.52. The fraction of sp³-hybridized carbons (Fsp3) is 0.462. The van der Waals surface area contributed by atoms with E-state index in [9.17, 15) is 4.79 Å². The predicted molar refractivity (Wildman–Crippen MR) is 75.1 cm³/mol. The lowest BCUT2D eigenvalue weighted by Gasteiger charge is -2.35. The van der Waals surface area contributed by atoms with Gasteiger partial charge in [-0.05, 0) is 60.7 Å². The largest absolute Gasteiger partial charge is 0.372 e. The summed E-state index contributed by atoms with van der Waals surface area (Å²) < 4.78 is 6.77.